The predicted octanol–water partition coefficient (Wildman–Crippen LogP) is 3.47. The van der Waals surface area contributed by atoms with E-state index in [1.807, 2.05) is 13.8 Å². The first kappa shape index (κ1) is 30.1. The number of rotatable bonds is 9. The maximum Gasteiger partial charge on any atom is 0.413 e. The molecule has 0 aliphatic carbocycles. The first-order valence-corrected chi connectivity index (χ1v) is 13.6. The Labute approximate surface area is 237 Å². The Balaban J connectivity index is 1.37. The molecule has 0 radical (unpaired) electrons. The average Bonchev–Trinajstić information content (AvgIpc) is 3.41. The minimum Gasteiger partial charge on any atom is -0.477 e. The Morgan fingerprint density at radius 1 is 1.12 bits per heavy atom. The van der Waals surface area contributed by atoms with Crippen LogP contribution in [0.3, 0.4) is 0 Å². The van der Waals surface area contributed by atoms with E-state index in [0.29, 0.717) is 13.2 Å². The van der Waals surface area contributed by atoms with Gasteiger partial charge in [0.15, 0.2) is 5.82 Å². The van der Waals surface area contributed by atoms with Crippen LogP contribution in [0.5, 0.6) is 5.88 Å². The normalized spacial score (nSPS) is 19.0. The van der Waals surface area contributed by atoms with Gasteiger partial charge in [-0.05, 0) is 52.8 Å². The van der Waals surface area contributed by atoms with Gasteiger partial charge < -0.3 is 19.3 Å². The molecular formula is C26H37F2N9O4. The number of ether oxygens (including phenoxy) is 2. The summed E-state index contributed by atoms with van der Waals surface area (Å²) in [5.41, 5.74) is -0.710. The lowest BCUT2D eigenvalue weighted by molar-refractivity contribution is -0.0760. The molecule has 3 amide bonds. The van der Waals surface area contributed by atoms with Gasteiger partial charge in [-0.25, -0.2) is 33.3 Å². The van der Waals surface area contributed by atoms with Gasteiger partial charge in [-0.1, -0.05) is 0 Å². The van der Waals surface area contributed by atoms with Crippen molar-refractivity contribution in [2.45, 2.75) is 57.6 Å². The highest BCUT2D eigenvalue weighted by atomic mass is 19.3. The number of carbonyl (C=O) groups is 2. The second-order valence-corrected chi connectivity index (χ2v) is 10.7. The molecule has 13 nitrogen and oxygen atoms in total. The summed E-state index contributed by atoms with van der Waals surface area (Å²) in [5.74, 6) is -2.46. The van der Waals surface area contributed by atoms with Crippen LogP contribution in [0.2, 0.25) is 0 Å². The molecule has 2 aliphatic heterocycles. The van der Waals surface area contributed by atoms with Crippen molar-refractivity contribution >= 4 is 29.7 Å². The van der Waals surface area contributed by atoms with Gasteiger partial charge in [0.2, 0.25) is 11.8 Å². The first-order valence-electron chi connectivity index (χ1n) is 13.6. The van der Waals surface area contributed by atoms with Gasteiger partial charge in [-0.2, -0.15) is 4.98 Å². The Hall–Kier alpha value is -3.88. The number of carbonyl (C=O) groups excluding carboxylic acids is 2. The molecule has 15 heteroatoms. The SMILES string of the molecule is CCOc1cnc(NC(=O)N(C)[C@H]2CN(c3nccc(NC(=O)OC(C)(C)CN4CCCC4)n3)CCC2(F)F)cn1. The van der Waals surface area contributed by atoms with Gasteiger partial charge in [0, 0.05) is 39.3 Å². The van der Waals surface area contributed by atoms with E-state index in [1.54, 1.807) is 11.8 Å². The third kappa shape index (κ3) is 8.08. The number of piperidine rings is 1. The van der Waals surface area contributed by atoms with E-state index in [4.69, 9.17) is 9.47 Å². The lowest BCUT2D eigenvalue weighted by Gasteiger charge is -2.42. The number of hydrogen-bond donors (Lipinski definition) is 2. The van der Waals surface area contributed by atoms with Gasteiger partial charge in [-0.3, -0.25) is 15.5 Å². The summed E-state index contributed by atoms with van der Waals surface area (Å²) in [7, 11) is 1.29. The highest BCUT2D eigenvalue weighted by Crippen LogP contribution is 2.33. The maximum absolute atomic E-state index is 15.0. The number of anilines is 3. The van der Waals surface area contributed by atoms with Crippen LogP contribution in [0, 0.1) is 0 Å². The topological polar surface area (TPSA) is 138 Å². The zero-order chi connectivity index (χ0) is 29.6. The van der Waals surface area contributed by atoms with Gasteiger partial charge in [0.1, 0.15) is 17.5 Å². The Bertz CT molecular complexity index is 1200. The smallest absolute Gasteiger partial charge is 0.413 e. The molecule has 4 heterocycles. The monoisotopic (exact) mass is 577 g/mol. The van der Waals surface area contributed by atoms with E-state index in [0.717, 1.165) is 30.8 Å². The van der Waals surface area contributed by atoms with E-state index in [2.05, 4.69) is 35.5 Å². The van der Waals surface area contributed by atoms with Crippen molar-refractivity contribution in [2.24, 2.45) is 0 Å². The summed E-state index contributed by atoms with van der Waals surface area (Å²) in [5, 5.41) is 5.09. The fourth-order valence-corrected chi connectivity index (χ4v) is 4.88. The number of nitrogens with zero attached hydrogens (tertiary/aromatic N) is 7. The number of alkyl halides is 2. The third-order valence-electron chi connectivity index (χ3n) is 6.87. The van der Waals surface area contributed by atoms with Gasteiger partial charge >= 0.3 is 12.1 Å². The third-order valence-corrected chi connectivity index (χ3v) is 6.87. The van der Waals surface area contributed by atoms with Crippen molar-refractivity contribution in [2.75, 3.05) is 61.9 Å². The molecular weight excluding hydrogens is 540 g/mol. The van der Waals surface area contributed by atoms with Crippen LogP contribution in [-0.2, 0) is 4.74 Å². The van der Waals surface area contributed by atoms with Crippen LogP contribution < -0.4 is 20.3 Å². The number of urea groups is 1. The van der Waals surface area contributed by atoms with E-state index in [-0.39, 0.29) is 36.6 Å². The highest BCUT2D eigenvalue weighted by molar-refractivity contribution is 5.88. The number of amides is 3. The standard InChI is InChI=1S/C26H37F2N9O4/c1-5-40-21-15-30-20(14-31-21)33-23(38)35(4)18-16-37(13-9-26(18,27)28)22-29-10-8-19(32-22)34-24(39)41-25(2,3)17-36-11-6-7-12-36/h8,10,14-15,18H,5-7,9,11-13,16-17H2,1-4H3,(H,30,33,38)(H,29,32,34,39)/t18-/m0/s1. The van der Waals surface area contributed by atoms with Crippen molar-refractivity contribution in [3.05, 3.63) is 24.7 Å². The summed E-state index contributed by atoms with van der Waals surface area (Å²) >= 11 is 0. The molecule has 4 rings (SSSR count). The van der Waals surface area contributed by atoms with Gasteiger partial charge in [0.05, 0.1) is 19.0 Å². The molecule has 0 aromatic carbocycles. The second-order valence-electron chi connectivity index (χ2n) is 10.7. The first-order chi connectivity index (χ1) is 19.5. The molecule has 224 valence electrons. The van der Waals surface area contributed by atoms with Gasteiger partial charge in [0.25, 0.3) is 5.92 Å². The lowest BCUT2D eigenvalue weighted by Crippen LogP contribution is -2.60. The number of aromatic nitrogens is 4. The number of hydrogen-bond acceptors (Lipinski definition) is 10. The summed E-state index contributed by atoms with van der Waals surface area (Å²) < 4.78 is 40.8. The quantitative estimate of drug-likeness (QED) is 0.456. The molecule has 2 N–H and O–H groups in total. The van der Waals surface area contributed by atoms with Crippen LogP contribution >= 0.6 is 0 Å². The van der Waals surface area contributed by atoms with E-state index >= 15 is 0 Å². The predicted molar refractivity (Wildman–Crippen MR) is 147 cm³/mol. The number of likely N-dealkylation sites (N-methyl/N-ethyl adjacent to an activating group) is 1. The van der Waals surface area contributed by atoms with Crippen LogP contribution in [0.1, 0.15) is 40.0 Å². The maximum atomic E-state index is 15.0. The van der Waals surface area contributed by atoms with E-state index in [1.165, 1.54) is 31.7 Å². The highest BCUT2D eigenvalue weighted by Gasteiger charge is 2.48. The Morgan fingerprint density at radius 2 is 1.88 bits per heavy atom. The summed E-state index contributed by atoms with van der Waals surface area (Å²) in [6.45, 7) is 8.19. The molecule has 2 fully saturated rings. The van der Waals surface area contributed by atoms with Crippen LogP contribution in [-0.4, -0.2) is 106 Å². The number of nitrogens with one attached hydrogen (secondary N) is 2. The van der Waals surface area contributed by atoms with Crippen LogP contribution in [0.15, 0.2) is 24.7 Å². The van der Waals surface area contributed by atoms with Crippen molar-refractivity contribution in [1.82, 2.24) is 29.7 Å². The van der Waals surface area contributed by atoms with Crippen molar-refractivity contribution in [3.8, 4) is 5.88 Å². The summed E-state index contributed by atoms with van der Waals surface area (Å²) in [6, 6.07) is -0.764. The summed E-state index contributed by atoms with van der Waals surface area (Å²) in [4.78, 5) is 46.8. The minimum atomic E-state index is -3.16. The molecule has 2 saturated heterocycles. The lowest BCUT2D eigenvalue weighted by atomic mass is 10.00. The number of likely N-dealkylation sites (tertiary alicyclic amines) is 1. The zero-order valence-corrected chi connectivity index (χ0v) is 23.8. The molecule has 0 saturated carbocycles. The van der Waals surface area contributed by atoms with E-state index < -0.39 is 36.1 Å². The summed E-state index contributed by atoms with van der Waals surface area (Å²) in [6.07, 6.45) is 5.12. The van der Waals surface area contributed by atoms with Gasteiger partial charge in [-0.15, -0.1) is 0 Å². The van der Waals surface area contributed by atoms with Crippen LogP contribution in [0.4, 0.5) is 36.0 Å². The Kier molecular flexibility index (Phi) is 9.35. The molecule has 0 bridgehead atoms. The molecule has 0 spiro atoms. The van der Waals surface area contributed by atoms with Crippen molar-refractivity contribution < 1.29 is 27.8 Å². The minimum absolute atomic E-state index is 0.0416. The zero-order valence-electron chi connectivity index (χ0n) is 23.8. The van der Waals surface area contributed by atoms with Crippen LogP contribution in [0.25, 0.3) is 0 Å². The fourth-order valence-electron chi connectivity index (χ4n) is 4.88. The fraction of sp³-hybridized carbons (Fsp3) is 0.615. The van der Waals surface area contributed by atoms with Crippen molar-refractivity contribution in [3.63, 3.8) is 0 Å². The Morgan fingerprint density at radius 3 is 2.56 bits per heavy atom. The molecule has 2 aromatic rings. The second kappa shape index (κ2) is 12.7. The molecule has 2 aliphatic rings. The molecule has 0 unspecified atom stereocenters. The van der Waals surface area contributed by atoms with Crippen molar-refractivity contribution in [1.29, 1.82) is 0 Å². The molecule has 41 heavy (non-hydrogen) atoms. The largest absolute Gasteiger partial charge is 0.477 e. The molecule has 1 atom stereocenters. The number of halogens is 2. The van der Waals surface area contributed by atoms with E-state index in [9.17, 15) is 18.4 Å². The molecule has 2 aromatic heterocycles. The average molecular weight is 578 g/mol.